The molecule has 0 atom stereocenters. The van der Waals surface area contributed by atoms with Crippen LogP contribution < -0.4 is 5.32 Å². The second kappa shape index (κ2) is 8.62. The van der Waals surface area contributed by atoms with Gasteiger partial charge in [-0.15, -0.1) is 11.8 Å². The number of carbonyl (C=O) groups excluding carboxylic acids is 1. The molecule has 0 spiro atoms. The topological polar surface area (TPSA) is 75.7 Å². The molecule has 2 aromatic carbocycles. The summed E-state index contributed by atoms with van der Waals surface area (Å²) >= 11 is 7.67. The molecule has 0 unspecified atom stereocenters. The van der Waals surface area contributed by atoms with Crippen LogP contribution in [0, 0.1) is 0 Å². The number of carbonyl (C=O) groups is 1. The predicted octanol–water partition coefficient (Wildman–Crippen LogP) is 3.34. The Kier molecular flexibility index (Phi) is 6.44. The molecule has 0 bridgehead atoms. The molecule has 1 fully saturated rings. The van der Waals surface area contributed by atoms with Gasteiger partial charge in [-0.3, -0.25) is 4.79 Å². The second-order valence-corrected chi connectivity index (χ2v) is 9.01. The Morgan fingerprint density at radius 3 is 2.59 bits per heavy atom. The van der Waals surface area contributed by atoms with Crippen LogP contribution in [0.25, 0.3) is 0 Å². The number of hydrogen-bond donors (Lipinski definition) is 1. The number of rotatable bonds is 5. The molecule has 6 nitrogen and oxygen atoms in total. The van der Waals surface area contributed by atoms with Crippen molar-refractivity contribution in [2.24, 2.45) is 0 Å². The number of nitrogens with zero attached hydrogens (tertiary/aromatic N) is 1. The van der Waals surface area contributed by atoms with Gasteiger partial charge in [-0.25, -0.2) is 8.42 Å². The van der Waals surface area contributed by atoms with E-state index in [0.29, 0.717) is 18.9 Å². The van der Waals surface area contributed by atoms with E-state index in [2.05, 4.69) is 5.32 Å². The van der Waals surface area contributed by atoms with Crippen molar-refractivity contribution >= 4 is 45.0 Å². The monoisotopic (exact) mass is 426 g/mol. The fourth-order valence-corrected chi connectivity index (χ4v) is 4.90. The highest BCUT2D eigenvalue weighted by atomic mass is 35.5. The van der Waals surface area contributed by atoms with Gasteiger partial charge < -0.3 is 10.1 Å². The third-order valence-corrected chi connectivity index (χ3v) is 7.17. The minimum absolute atomic E-state index is 0.0390. The van der Waals surface area contributed by atoms with Crippen LogP contribution >= 0.6 is 23.4 Å². The van der Waals surface area contributed by atoms with E-state index in [1.165, 1.54) is 34.3 Å². The van der Waals surface area contributed by atoms with E-state index >= 15 is 0 Å². The van der Waals surface area contributed by atoms with Crippen molar-refractivity contribution in [2.45, 2.75) is 9.79 Å². The fourth-order valence-electron chi connectivity index (χ4n) is 2.71. The van der Waals surface area contributed by atoms with Crippen LogP contribution in [0.3, 0.4) is 0 Å². The highest BCUT2D eigenvalue weighted by Crippen LogP contribution is 2.28. The van der Waals surface area contributed by atoms with Crippen LogP contribution in [-0.4, -0.2) is 51.2 Å². The van der Waals surface area contributed by atoms with Crippen molar-refractivity contribution in [3.8, 4) is 0 Å². The van der Waals surface area contributed by atoms with Gasteiger partial charge in [0, 0.05) is 18.0 Å². The van der Waals surface area contributed by atoms with E-state index in [1.54, 1.807) is 6.07 Å². The van der Waals surface area contributed by atoms with Crippen molar-refractivity contribution in [3.05, 3.63) is 53.1 Å². The minimum atomic E-state index is -3.71. The van der Waals surface area contributed by atoms with Crippen LogP contribution in [0.1, 0.15) is 10.4 Å². The number of benzene rings is 2. The number of morpholine rings is 1. The van der Waals surface area contributed by atoms with E-state index in [9.17, 15) is 13.2 Å². The number of hydrogen-bond acceptors (Lipinski definition) is 5. The lowest BCUT2D eigenvalue weighted by atomic mass is 10.2. The van der Waals surface area contributed by atoms with Crippen LogP contribution in [0.15, 0.2) is 52.3 Å². The summed E-state index contributed by atoms with van der Waals surface area (Å²) < 4.78 is 32.2. The molecule has 144 valence electrons. The highest BCUT2D eigenvalue weighted by molar-refractivity contribution is 7.98. The first-order valence-electron chi connectivity index (χ1n) is 8.25. The van der Waals surface area contributed by atoms with E-state index in [-0.39, 0.29) is 28.6 Å². The Morgan fingerprint density at radius 1 is 1.19 bits per heavy atom. The molecule has 0 aromatic heterocycles. The van der Waals surface area contributed by atoms with E-state index < -0.39 is 15.9 Å². The molecule has 1 saturated heterocycles. The standard InChI is InChI=1S/C18H19ClN2O4S2/c1-26-17-5-3-2-4-16(17)20-18(22)14-12-13(6-7-15(14)19)27(23,24)21-8-10-25-11-9-21/h2-7,12H,8-11H2,1H3,(H,20,22). The van der Waals surface area contributed by atoms with Gasteiger partial charge in [0.15, 0.2) is 0 Å². The van der Waals surface area contributed by atoms with Gasteiger partial charge in [0.05, 0.1) is 34.4 Å². The van der Waals surface area contributed by atoms with Crippen molar-refractivity contribution in [3.63, 3.8) is 0 Å². The summed E-state index contributed by atoms with van der Waals surface area (Å²) in [6, 6.07) is 11.5. The van der Waals surface area contributed by atoms with Crippen LogP contribution in [0.2, 0.25) is 5.02 Å². The highest BCUT2D eigenvalue weighted by Gasteiger charge is 2.27. The zero-order valence-corrected chi connectivity index (χ0v) is 17.0. The molecular formula is C18H19ClN2O4S2. The normalized spacial score (nSPS) is 15.5. The number of anilines is 1. The average Bonchev–Trinajstić information content (AvgIpc) is 2.69. The molecule has 1 amide bonds. The molecule has 1 N–H and O–H groups in total. The summed E-state index contributed by atoms with van der Waals surface area (Å²) in [5.74, 6) is -0.458. The van der Waals surface area contributed by atoms with Gasteiger partial charge in [0.1, 0.15) is 0 Å². The number of thioether (sulfide) groups is 1. The number of nitrogens with one attached hydrogen (secondary N) is 1. The molecule has 1 aliphatic rings. The zero-order valence-electron chi connectivity index (χ0n) is 14.6. The first-order chi connectivity index (χ1) is 12.9. The maximum Gasteiger partial charge on any atom is 0.257 e. The first kappa shape index (κ1) is 20.2. The maximum absolute atomic E-state index is 12.8. The van der Waals surface area contributed by atoms with Crippen molar-refractivity contribution in [1.82, 2.24) is 4.31 Å². The Morgan fingerprint density at radius 2 is 1.89 bits per heavy atom. The maximum atomic E-state index is 12.8. The molecule has 9 heteroatoms. The summed E-state index contributed by atoms with van der Waals surface area (Å²) in [5, 5.41) is 2.99. The Bertz CT molecular complexity index is 944. The van der Waals surface area contributed by atoms with Crippen molar-refractivity contribution in [1.29, 1.82) is 0 Å². The number of ether oxygens (including phenoxy) is 1. The smallest absolute Gasteiger partial charge is 0.257 e. The van der Waals surface area contributed by atoms with Gasteiger partial charge in [-0.1, -0.05) is 23.7 Å². The van der Waals surface area contributed by atoms with Gasteiger partial charge in [-0.2, -0.15) is 4.31 Å². The SMILES string of the molecule is CSc1ccccc1NC(=O)c1cc(S(=O)(=O)N2CCOCC2)ccc1Cl. The van der Waals surface area contributed by atoms with E-state index in [4.69, 9.17) is 16.3 Å². The summed E-state index contributed by atoms with van der Waals surface area (Å²) in [7, 11) is -3.71. The summed E-state index contributed by atoms with van der Waals surface area (Å²) in [6.07, 6.45) is 1.91. The molecule has 1 heterocycles. The lowest BCUT2D eigenvalue weighted by molar-refractivity contribution is 0.0730. The zero-order chi connectivity index (χ0) is 19.4. The first-order valence-corrected chi connectivity index (χ1v) is 11.3. The van der Waals surface area contributed by atoms with Crippen molar-refractivity contribution < 1.29 is 17.9 Å². The van der Waals surface area contributed by atoms with Crippen LogP contribution in [-0.2, 0) is 14.8 Å². The van der Waals surface area contributed by atoms with Gasteiger partial charge >= 0.3 is 0 Å². The lowest BCUT2D eigenvalue weighted by Crippen LogP contribution is -2.40. The third kappa shape index (κ3) is 4.47. The van der Waals surface area contributed by atoms with Gasteiger partial charge in [0.25, 0.3) is 5.91 Å². The largest absolute Gasteiger partial charge is 0.379 e. The molecule has 0 aliphatic carbocycles. The second-order valence-electron chi connectivity index (χ2n) is 5.81. The molecule has 3 rings (SSSR count). The van der Waals surface area contributed by atoms with Crippen LogP contribution in [0.5, 0.6) is 0 Å². The van der Waals surface area contributed by atoms with Crippen molar-refractivity contribution in [2.75, 3.05) is 37.9 Å². The number of amides is 1. The van der Waals surface area contributed by atoms with E-state index in [1.807, 2.05) is 24.5 Å². The molecule has 1 aliphatic heterocycles. The Balaban J connectivity index is 1.90. The quantitative estimate of drug-likeness (QED) is 0.742. The van der Waals surface area contributed by atoms with Crippen LogP contribution in [0.4, 0.5) is 5.69 Å². The molecular weight excluding hydrogens is 408 g/mol. The summed E-state index contributed by atoms with van der Waals surface area (Å²) in [6.45, 7) is 1.28. The number of sulfonamides is 1. The number of halogens is 1. The fraction of sp³-hybridized carbons (Fsp3) is 0.278. The predicted molar refractivity (Wildman–Crippen MR) is 107 cm³/mol. The molecule has 27 heavy (non-hydrogen) atoms. The third-order valence-electron chi connectivity index (χ3n) is 4.15. The number of para-hydroxylation sites is 1. The van der Waals surface area contributed by atoms with Gasteiger partial charge in [-0.05, 0) is 36.6 Å². The average molecular weight is 427 g/mol. The molecule has 0 saturated carbocycles. The Hall–Kier alpha value is -1.58. The summed E-state index contributed by atoms with van der Waals surface area (Å²) in [5.41, 5.74) is 0.759. The van der Waals surface area contributed by atoms with Gasteiger partial charge in [0.2, 0.25) is 10.0 Å². The Labute approximate surface area is 167 Å². The molecule has 0 radical (unpaired) electrons. The lowest BCUT2D eigenvalue weighted by Gasteiger charge is -2.26. The summed E-state index contributed by atoms with van der Waals surface area (Å²) in [4.78, 5) is 13.7. The van der Waals surface area contributed by atoms with E-state index in [0.717, 1.165) is 4.90 Å². The molecule has 2 aromatic rings. The minimum Gasteiger partial charge on any atom is -0.379 e.